The molecule has 2 unspecified atom stereocenters. The van der Waals surface area contributed by atoms with Gasteiger partial charge >= 0.3 is 0 Å². The van der Waals surface area contributed by atoms with Crippen molar-refractivity contribution in [1.29, 1.82) is 0 Å². The Balaban J connectivity index is 2.67. The summed E-state index contributed by atoms with van der Waals surface area (Å²) in [7, 11) is 0. The van der Waals surface area contributed by atoms with E-state index in [1.54, 1.807) is 6.92 Å². The molecular weight excluding hydrogens is 200 g/mol. The summed E-state index contributed by atoms with van der Waals surface area (Å²) in [6.07, 6.45) is -0.416. The van der Waals surface area contributed by atoms with Crippen molar-refractivity contribution in [2.45, 2.75) is 32.8 Å². The van der Waals surface area contributed by atoms with Crippen LogP contribution < -0.4 is 0 Å². The van der Waals surface area contributed by atoms with E-state index in [9.17, 15) is 5.11 Å². The van der Waals surface area contributed by atoms with Crippen molar-refractivity contribution < 1.29 is 5.11 Å². The van der Waals surface area contributed by atoms with Crippen LogP contribution in [0.3, 0.4) is 0 Å². The van der Waals surface area contributed by atoms with Gasteiger partial charge in [-0.1, -0.05) is 31.2 Å². The topological polar surface area (TPSA) is 46.0 Å². The third kappa shape index (κ3) is 1.78. The molecule has 0 bridgehead atoms. The maximum absolute atomic E-state index is 9.64. The van der Waals surface area contributed by atoms with Crippen LogP contribution in [0.1, 0.15) is 31.2 Å². The Morgan fingerprint density at radius 3 is 2.31 bits per heavy atom. The minimum atomic E-state index is -0.416. The molecule has 0 spiro atoms. The molecule has 3 heteroatoms. The van der Waals surface area contributed by atoms with Gasteiger partial charge in [0.25, 0.3) is 0 Å². The SMILES string of the molecule is Cc1nnc(C(C)C(C)O)c2ccccc12. The van der Waals surface area contributed by atoms with Crippen molar-refractivity contribution in [1.82, 2.24) is 10.2 Å². The lowest BCUT2D eigenvalue weighted by atomic mass is 9.97. The fraction of sp³-hybridized carbons (Fsp3) is 0.385. The number of fused-ring (bicyclic) bond motifs is 1. The molecule has 0 saturated heterocycles. The first-order chi connectivity index (χ1) is 7.61. The van der Waals surface area contributed by atoms with Crippen LogP contribution in [0.15, 0.2) is 24.3 Å². The molecule has 2 atom stereocenters. The normalized spacial score (nSPS) is 15.0. The van der Waals surface area contributed by atoms with Crippen molar-refractivity contribution in [3.05, 3.63) is 35.7 Å². The maximum Gasteiger partial charge on any atom is 0.0763 e. The Kier molecular flexibility index (Phi) is 2.88. The van der Waals surface area contributed by atoms with Crippen LogP contribution in [-0.4, -0.2) is 21.4 Å². The van der Waals surface area contributed by atoms with Crippen molar-refractivity contribution >= 4 is 10.8 Å². The van der Waals surface area contributed by atoms with Gasteiger partial charge in [-0.2, -0.15) is 10.2 Å². The van der Waals surface area contributed by atoms with Crippen molar-refractivity contribution in [2.24, 2.45) is 0 Å². The van der Waals surface area contributed by atoms with Gasteiger partial charge in [-0.3, -0.25) is 0 Å². The van der Waals surface area contributed by atoms with E-state index in [-0.39, 0.29) is 5.92 Å². The highest BCUT2D eigenvalue weighted by Crippen LogP contribution is 2.26. The van der Waals surface area contributed by atoms with Crippen LogP contribution in [0.25, 0.3) is 10.8 Å². The van der Waals surface area contributed by atoms with E-state index in [1.807, 2.05) is 38.1 Å². The lowest BCUT2D eigenvalue weighted by Crippen LogP contribution is -2.14. The average Bonchev–Trinajstić information content (AvgIpc) is 2.29. The molecule has 16 heavy (non-hydrogen) atoms. The third-order valence-electron chi connectivity index (χ3n) is 3.06. The molecule has 3 nitrogen and oxygen atoms in total. The summed E-state index contributed by atoms with van der Waals surface area (Å²) in [5, 5.41) is 20.2. The number of benzene rings is 1. The van der Waals surface area contributed by atoms with Crippen LogP contribution in [0.2, 0.25) is 0 Å². The molecule has 0 radical (unpaired) electrons. The minimum absolute atomic E-state index is 0.00185. The van der Waals surface area contributed by atoms with Crippen LogP contribution >= 0.6 is 0 Å². The second kappa shape index (κ2) is 4.18. The molecule has 0 aliphatic heterocycles. The first-order valence-corrected chi connectivity index (χ1v) is 5.51. The molecule has 1 N–H and O–H groups in total. The predicted octanol–water partition coefficient (Wildman–Crippen LogP) is 2.42. The minimum Gasteiger partial charge on any atom is -0.393 e. The zero-order valence-electron chi connectivity index (χ0n) is 9.81. The van der Waals surface area contributed by atoms with E-state index in [2.05, 4.69) is 10.2 Å². The van der Waals surface area contributed by atoms with Crippen LogP contribution in [0, 0.1) is 6.92 Å². The van der Waals surface area contributed by atoms with E-state index in [1.165, 1.54) is 0 Å². The summed E-state index contributed by atoms with van der Waals surface area (Å²) in [6.45, 7) is 5.70. The van der Waals surface area contributed by atoms with E-state index in [4.69, 9.17) is 0 Å². The van der Waals surface area contributed by atoms with Gasteiger partial charge in [-0.25, -0.2) is 0 Å². The van der Waals surface area contributed by atoms with Gasteiger partial charge in [-0.05, 0) is 13.8 Å². The predicted molar refractivity (Wildman–Crippen MR) is 64.4 cm³/mol. The molecular formula is C13H16N2O. The molecule has 0 saturated carbocycles. The quantitative estimate of drug-likeness (QED) is 0.838. The average molecular weight is 216 g/mol. The molecule has 0 fully saturated rings. The monoisotopic (exact) mass is 216 g/mol. The van der Waals surface area contributed by atoms with E-state index in [0.29, 0.717) is 0 Å². The van der Waals surface area contributed by atoms with Crippen LogP contribution in [-0.2, 0) is 0 Å². The molecule has 2 rings (SSSR count). The number of aryl methyl sites for hydroxylation is 1. The van der Waals surface area contributed by atoms with Crippen molar-refractivity contribution in [3.8, 4) is 0 Å². The Hall–Kier alpha value is -1.48. The first-order valence-electron chi connectivity index (χ1n) is 5.51. The van der Waals surface area contributed by atoms with E-state index >= 15 is 0 Å². The molecule has 0 aliphatic rings. The summed E-state index contributed by atoms with van der Waals surface area (Å²) in [4.78, 5) is 0. The Labute approximate surface area is 95.1 Å². The molecule has 84 valence electrons. The van der Waals surface area contributed by atoms with Gasteiger partial charge in [0.05, 0.1) is 17.5 Å². The van der Waals surface area contributed by atoms with Gasteiger partial charge in [0, 0.05) is 16.7 Å². The summed E-state index contributed by atoms with van der Waals surface area (Å²) in [5.41, 5.74) is 1.80. The van der Waals surface area contributed by atoms with Gasteiger partial charge in [0.2, 0.25) is 0 Å². The Morgan fingerprint density at radius 1 is 1.06 bits per heavy atom. The number of hydrogen-bond acceptors (Lipinski definition) is 3. The number of aromatic nitrogens is 2. The van der Waals surface area contributed by atoms with Gasteiger partial charge < -0.3 is 5.11 Å². The van der Waals surface area contributed by atoms with Gasteiger partial charge in [0.15, 0.2) is 0 Å². The van der Waals surface area contributed by atoms with Crippen molar-refractivity contribution in [3.63, 3.8) is 0 Å². The first kappa shape index (κ1) is 11.0. The lowest BCUT2D eigenvalue weighted by molar-refractivity contribution is 0.167. The number of rotatable bonds is 2. The third-order valence-corrected chi connectivity index (χ3v) is 3.06. The highest BCUT2D eigenvalue weighted by Gasteiger charge is 2.17. The Bertz CT molecular complexity index is 508. The molecule has 1 heterocycles. The molecule has 2 aromatic rings. The highest BCUT2D eigenvalue weighted by molar-refractivity contribution is 5.86. The van der Waals surface area contributed by atoms with Gasteiger partial charge in [0.1, 0.15) is 0 Å². The van der Waals surface area contributed by atoms with E-state index < -0.39 is 6.10 Å². The lowest BCUT2D eigenvalue weighted by Gasteiger charge is -2.16. The Morgan fingerprint density at radius 2 is 1.69 bits per heavy atom. The van der Waals surface area contributed by atoms with Crippen LogP contribution in [0.5, 0.6) is 0 Å². The standard InChI is InChI=1S/C13H16N2O/c1-8(10(3)16)13-12-7-5-4-6-11(12)9(2)14-15-13/h4-8,10,16H,1-3H3. The summed E-state index contributed by atoms with van der Waals surface area (Å²) in [6, 6.07) is 8.05. The number of hydrogen-bond donors (Lipinski definition) is 1. The summed E-state index contributed by atoms with van der Waals surface area (Å²) < 4.78 is 0. The molecule has 1 aromatic carbocycles. The van der Waals surface area contributed by atoms with Crippen LogP contribution in [0.4, 0.5) is 0 Å². The molecule has 0 amide bonds. The number of aliphatic hydroxyl groups excluding tert-OH is 1. The zero-order valence-corrected chi connectivity index (χ0v) is 9.81. The van der Waals surface area contributed by atoms with Gasteiger partial charge in [-0.15, -0.1) is 0 Å². The summed E-state index contributed by atoms with van der Waals surface area (Å²) >= 11 is 0. The van der Waals surface area contributed by atoms with Crippen molar-refractivity contribution in [2.75, 3.05) is 0 Å². The summed E-state index contributed by atoms with van der Waals surface area (Å²) in [5.74, 6) is -0.00185. The second-order valence-corrected chi connectivity index (χ2v) is 4.25. The fourth-order valence-electron chi connectivity index (χ4n) is 1.82. The second-order valence-electron chi connectivity index (χ2n) is 4.25. The van der Waals surface area contributed by atoms with E-state index in [0.717, 1.165) is 22.2 Å². The largest absolute Gasteiger partial charge is 0.393 e. The number of nitrogens with zero attached hydrogens (tertiary/aromatic N) is 2. The smallest absolute Gasteiger partial charge is 0.0763 e. The highest BCUT2D eigenvalue weighted by atomic mass is 16.3. The number of aliphatic hydroxyl groups is 1. The molecule has 1 aromatic heterocycles. The zero-order chi connectivity index (χ0) is 11.7. The fourth-order valence-corrected chi connectivity index (χ4v) is 1.82. The molecule has 0 aliphatic carbocycles. The maximum atomic E-state index is 9.64.